The molecular weight excluding hydrogens is 391 g/mol. The van der Waals surface area contributed by atoms with Gasteiger partial charge in [0.05, 0.1) is 18.6 Å². The number of aromatic nitrogens is 4. The molecule has 0 unspecified atom stereocenters. The van der Waals surface area contributed by atoms with Crippen LogP contribution in [0.3, 0.4) is 0 Å². The molecule has 0 aliphatic carbocycles. The number of rotatable bonds is 4. The van der Waals surface area contributed by atoms with Gasteiger partial charge in [0, 0.05) is 0 Å². The molecule has 0 saturated heterocycles. The van der Waals surface area contributed by atoms with Gasteiger partial charge in [-0.25, -0.2) is 18.3 Å². The maximum atomic E-state index is 13.3. The van der Waals surface area contributed by atoms with Gasteiger partial charge in [-0.3, -0.25) is 9.36 Å². The first kappa shape index (κ1) is 17.6. The zero-order valence-corrected chi connectivity index (χ0v) is 16.0. The third kappa shape index (κ3) is 2.98. The van der Waals surface area contributed by atoms with Crippen molar-refractivity contribution < 1.29 is 4.39 Å². The second kappa shape index (κ2) is 6.82. The van der Waals surface area contributed by atoms with Crippen molar-refractivity contribution in [3.8, 4) is 0 Å². The summed E-state index contributed by atoms with van der Waals surface area (Å²) >= 11 is 1.29. The summed E-state index contributed by atoms with van der Waals surface area (Å²) in [5, 5.41) is 6.26. The summed E-state index contributed by atoms with van der Waals surface area (Å²) in [6.45, 7) is 0.496. The molecule has 29 heavy (non-hydrogen) atoms. The molecule has 5 rings (SSSR count). The van der Waals surface area contributed by atoms with Crippen LogP contribution in [0.1, 0.15) is 11.1 Å². The molecule has 0 aliphatic rings. The van der Waals surface area contributed by atoms with Crippen LogP contribution in [0.5, 0.6) is 0 Å². The highest BCUT2D eigenvalue weighted by Gasteiger charge is 2.18. The first-order valence-corrected chi connectivity index (χ1v) is 9.88. The van der Waals surface area contributed by atoms with E-state index in [0.717, 1.165) is 11.1 Å². The van der Waals surface area contributed by atoms with E-state index in [1.807, 2.05) is 30.3 Å². The van der Waals surface area contributed by atoms with Crippen molar-refractivity contribution in [2.24, 2.45) is 0 Å². The highest BCUT2D eigenvalue weighted by atomic mass is 32.1. The first-order valence-electron chi connectivity index (χ1n) is 9.00. The number of fused-ring (bicyclic) bond motifs is 3. The Morgan fingerprint density at radius 3 is 2.38 bits per heavy atom. The van der Waals surface area contributed by atoms with Gasteiger partial charge in [0.2, 0.25) is 5.78 Å². The summed E-state index contributed by atoms with van der Waals surface area (Å²) in [5.41, 5.74) is 1.71. The summed E-state index contributed by atoms with van der Waals surface area (Å²) in [4.78, 5) is 26.2. The molecule has 3 heterocycles. The van der Waals surface area contributed by atoms with E-state index < -0.39 is 0 Å². The monoisotopic (exact) mass is 406 g/mol. The van der Waals surface area contributed by atoms with E-state index in [4.69, 9.17) is 0 Å². The maximum absolute atomic E-state index is 13.3. The number of thiophene rings is 1. The van der Waals surface area contributed by atoms with Gasteiger partial charge < -0.3 is 0 Å². The molecule has 6 nitrogen and oxygen atoms in total. The van der Waals surface area contributed by atoms with E-state index in [1.54, 1.807) is 23.6 Å². The van der Waals surface area contributed by atoms with E-state index in [-0.39, 0.29) is 29.4 Å². The molecule has 0 spiro atoms. The van der Waals surface area contributed by atoms with Crippen LogP contribution >= 0.6 is 11.3 Å². The predicted molar refractivity (Wildman–Crippen MR) is 110 cm³/mol. The summed E-state index contributed by atoms with van der Waals surface area (Å²) < 4.78 is 18.0. The van der Waals surface area contributed by atoms with Crippen LogP contribution in [-0.4, -0.2) is 18.7 Å². The lowest BCUT2D eigenvalue weighted by atomic mass is 10.2. The molecular formula is C21H15FN4O2S. The average Bonchev–Trinajstić information content (AvgIpc) is 3.33. The number of benzene rings is 2. The summed E-state index contributed by atoms with van der Waals surface area (Å²) in [5.74, 6) is -0.0746. The quantitative estimate of drug-likeness (QED) is 0.461. The summed E-state index contributed by atoms with van der Waals surface area (Å²) in [6.07, 6.45) is 0. The SMILES string of the molecule is O=c1c2sccc2n2c(=O)n(Cc3ccccc3)nc2n1Cc1ccc(F)cc1. The minimum atomic E-state index is -0.344. The van der Waals surface area contributed by atoms with Gasteiger partial charge >= 0.3 is 5.69 Å². The molecule has 0 saturated carbocycles. The fourth-order valence-electron chi connectivity index (χ4n) is 3.41. The Morgan fingerprint density at radius 2 is 1.62 bits per heavy atom. The largest absolute Gasteiger partial charge is 0.352 e. The maximum Gasteiger partial charge on any atom is 0.352 e. The van der Waals surface area contributed by atoms with Crippen molar-refractivity contribution in [3.05, 3.63) is 104 Å². The first-order chi connectivity index (χ1) is 14.1. The topological polar surface area (TPSA) is 61.3 Å². The average molecular weight is 406 g/mol. The minimum absolute atomic E-state index is 0.193. The Hall–Kier alpha value is -3.52. The molecule has 0 fully saturated rings. The third-order valence-electron chi connectivity index (χ3n) is 4.82. The Balaban J connectivity index is 1.73. The van der Waals surface area contributed by atoms with Gasteiger partial charge in [0.1, 0.15) is 10.5 Å². The van der Waals surface area contributed by atoms with Gasteiger partial charge in [0.25, 0.3) is 5.56 Å². The summed E-state index contributed by atoms with van der Waals surface area (Å²) in [6, 6.07) is 17.2. The lowest BCUT2D eigenvalue weighted by molar-refractivity contribution is 0.626. The van der Waals surface area contributed by atoms with Crippen molar-refractivity contribution >= 4 is 27.3 Å². The molecule has 2 aromatic carbocycles. The molecule has 144 valence electrons. The van der Waals surface area contributed by atoms with Crippen LogP contribution in [-0.2, 0) is 13.1 Å². The predicted octanol–water partition coefficient (Wildman–Crippen LogP) is 3.11. The number of nitrogens with zero attached hydrogens (tertiary/aromatic N) is 4. The molecule has 0 aliphatic heterocycles. The van der Waals surface area contributed by atoms with Crippen LogP contribution in [0.4, 0.5) is 4.39 Å². The molecule has 0 atom stereocenters. The zero-order chi connectivity index (χ0) is 20.0. The molecule has 0 N–H and O–H groups in total. The van der Waals surface area contributed by atoms with Crippen molar-refractivity contribution in [1.29, 1.82) is 0 Å². The fourth-order valence-corrected chi connectivity index (χ4v) is 4.23. The van der Waals surface area contributed by atoms with Crippen LogP contribution in [0.25, 0.3) is 16.0 Å². The molecule has 0 amide bonds. The van der Waals surface area contributed by atoms with Crippen molar-refractivity contribution in [2.75, 3.05) is 0 Å². The van der Waals surface area contributed by atoms with Gasteiger partial charge in [-0.1, -0.05) is 42.5 Å². The highest BCUT2D eigenvalue weighted by Crippen LogP contribution is 2.18. The lowest BCUT2D eigenvalue weighted by Crippen LogP contribution is -2.26. The summed E-state index contributed by atoms with van der Waals surface area (Å²) in [7, 11) is 0. The fraction of sp³-hybridized carbons (Fsp3) is 0.0952. The highest BCUT2D eigenvalue weighted by molar-refractivity contribution is 7.17. The second-order valence-electron chi connectivity index (χ2n) is 6.71. The number of hydrogen-bond donors (Lipinski definition) is 0. The number of halogens is 1. The molecule has 3 aromatic heterocycles. The van der Waals surface area contributed by atoms with E-state index >= 15 is 0 Å². The van der Waals surface area contributed by atoms with Gasteiger partial charge in [0.15, 0.2) is 0 Å². The zero-order valence-electron chi connectivity index (χ0n) is 15.2. The van der Waals surface area contributed by atoms with Crippen LogP contribution in [0.2, 0.25) is 0 Å². The van der Waals surface area contributed by atoms with E-state index in [0.29, 0.717) is 16.8 Å². The second-order valence-corrected chi connectivity index (χ2v) is 7.63. The minimum Gasteiger partial charge on any atom is -0.271 e. The molecule has 5 aromatic rings. The normalized spacial score (nSPS) is 11.5. The van der Waals surface area contributed by atoms with Crippen LogP contribution in [0.15, 0.2) is 75.6 Å². The van der Waals surface area contributed by atoms with Gasteiger partial charge in [-0.05, 0) is 34.7 Å². The number of hydrogen-bond acceptors (Lipinski definition) is 4. The Bertz CT molecular complexity index is 1450. The van der Waals surface area contributed by atoms with Crippen molar-refractivity contribution in [3.63, 3.8) is 0 Å². The van der Waals surface area contributed by atoms with E-state index in [1.165, 1.54) is 37.1 Å². The van der Waals surface area contributed by atoms with Gasteiger partial charge in [-0.2, -0.15) is 0 Å². The Kier molecular flexibility index (Phi) is 4.13. The van der Waals surface area contributed by atoms with Crippen LogP contribution < -0.4 is 11.2 Å². The smallest absolute Gasteiger partial charge is 0.271 e. The van der Waals surface area contributed by atoms with E-state index in [2.05, 4.69) is 5.10 Å². The Labute approximate surface area is 167 Å². The Morgan fingerprint density at radius 1 is 0.897 bits per heavy atom. The van der Waals surface area contributed by atoms with Crippen LogP contribution in [0, 0.1) is 5.82 Å². The molecule has 8 heteroatoms. The molecule has 0 radical (unpaired) electrons. The van der Waals surface area contributed by atoms with Crippen molar-refractivity contribution in [2.45, 2.75) is 13.1 Å². The van der Waals surface area contributed by atoms with Gasteiger partial charge in [-0.15, -0.1) is 16.4 Å². The lowest BCUT2D eigenvalue weighted by Gasteiger charge is -2.08. The van der Waals surface area contributed by atoms with Crippen molar-refractivity contribution in [1.82, 2.24) is 18.7 Å². The third-order valence-corrected chi connectivity index (χ3v) is 5.71. The standard InChI is InChI=1S/C21H15FN4O2S/c22-16-8-6-15(7-9-16)12-24-19(27)18-17(10-11-29-18)26-20(24)23-25(21(26)28)13-14-4-2-1-3-5-14/h1-11H,12-13H2. The molecule has 0 bridgehead atoms. The van der Waals surface area contributed by atoms with E-state index in [9.17, 15) is 14.0 Å².